The quantitative estimate of drug-likeness (QED) is 0.832. The van der Waals surface area contributed by atoms with E-state index in [9.17, 15) is 0 Å². The Morgan fingerprint density at radius 1 is 1.12 bits per heavy atom. The van der Waals surface area contributed by atoms with Crippen molar-refractivity contribution < 1.29 is 9.47 Å². The molecule has 0 amide bonds. The molecule has 2 saturated heterocycles. The number of thiazole rings is 1. The van der Waals surface area contributed by atoms with Gasteiger partial charge in [-0.3, -0.25) is 0 Å². The van der Waals surface area contributed by atoms with E-state index in [1.165, 1.54) is 28.1 Å². The minimum Gasteiger partial charge on any atom is -0.381 e. The molecule has 1 aromatic carbocycles. The number of hydrogen-bond donors (Lipinski definition) is 0. The summed E-state index contributed by atoms with van der Waals surface area (Å²) in [5, 5.41) is 1.13. The molecule has 2 aliphatic rings. The van der Waals surface area contributed by atoms with Gasteiger partial charge in [0, 0.05) is 32.0 Å². The van der Waals surface area contributed by atoms with E-state index in [0.717, 1.165) is 56.6 Å². The second-order valence-corrected chi connectivity index (χ2v) is 8.27. The van der Waals surface area contributed by atoms with Crippen LogP contribution in [0.15, 0.2) is 18.2 Å². The van der Waals surface area contributed by atoms with Gasteiger partial charge in [0.2, 0.25) is 0 Å². The highest BCUT2D eigenvalue weighted by Gasteiger charge is 2.19. The van der Waals surface area contributed by atoms with Crippen molar-refractivity contribution in [1.29, 1.82) is 0 Å². The number of aryl methyl sites for hydroxylation is 2. The fraction of sp³-hybridized carbons (Fsp3) is 0.550. The first-order chi connectivity index (χ1) is 12.2. The van der Waals surface area contributed by atoms with Gasteiger partial charge in [-0.25, -0.2) is 4.98 Å². The van der Waals surface area contributed by atoms with Crippen LogP contribution in [0.1, 0.15) is 22.7 Å². The minimum atomic E-state index is 0.650. The third-order valence-electron chi connectivity index (χ3n) is 5.07. The summed E-state index contributed by atoms with van der Waals surface area (Å²) in [6.45, 7) is 9.58. The summed E-state index contributed by atoms with van der Waals surface area (Å²) >= 11 is 1.80. The molecule has 2 aliphatic heterocycles. The standard InChI is InChI=1S/C20H26N2O2S/c1-14-20(25-15(2)21-14)18-10-17(9-16-3-6-24-13-16)11-19(12-18)22-4-7-23-8-5-22/h10-12,16H,3-9,13H2,1-2H3/t16-/m0/s1. The molecule has 25 heavy (non-hydrogen) atoms. The lowest BCUT2D eigenvalue weighted by molar-refractivity contribution is 0.122. The second kappa shape index (κ2) is 7.44. The molecule has 4 nitrogen and oxygen atoms in total. The van der Waals surface area contributed by atoms with Crippen LogP contribution in [0.4, 0.5) is 5.69 Å². The lowest BCUT2D eigenvalue weighted by Gasteiger charge is -2.29. The average molecular weight is 359 g/mol. The molecule has 1 atom stereocenters. The third kappa shape index (κ3) is 3.89. The van der Waals surface area contributed by atoms with Crippen LogP contribution in [0.5, 0.6) is 0 Å². The van der Waals surface area contributed by atoms with Gasteiger partial charge in [0.25, 0.3) is 0 Å². The van der Waals surface area contributed by atoms with Crippen LogP contribution >= 0.6 is 11.3 Å². The zero-order valence-electron chi connectivity index (χ0n) is 15.1. The van der Waals surface area contributed by atoms with Gasteiger partial charge >= 0.3 is 0 Å². The van der Waals surface area contributed by atoms with Crippen LogP contribution in [-0.2, 0) is 15.9 Å². The lowest BCUT2D eigenvalue weighted by Crippen LogP contribution is -2.36. The Hall–Kier alpha value is -1.43. The Balaban J connectivity index is 1.69. The van der Waals surface area contributed by atoms with E-state index >= 15 is 0 Å². The normalized spacial score (nSPS) is 21.0. The first-order valence-electron chi connectivity index (χ1n) is 9.18. The Kier molecular flexibility index (Phi) is 5.06. The topological polar surface area (TPSA) is 34.6 Å². The number of benzene rings is 1. The highest BCUT2D eigenvalue weighted by Crippen LogP contribution is 2.34. The summed E-state index contributed by atoms with van der Waals surface area (Å²) < 4.78 is 11.1. The molecule has 0 saturated carbocycles. The van der Waals surface area contributed by atoms with Crippen molar-refractivity contribution in [1.82, 2.24) is 4.98 Å². The monoisotopic (exact) mass is 358 g/mol. The van der Waals surface area contributed by atoms with Crippen molar-refractivity contribution in [3.63, 3.8) is 0 Å². The zero-order valence-corrected chi connectivity index (χ0v) is 15.9. The maximum atomic E-state index is 5.58. The molecule has 0 N–H and O–H groups in total. The predicted molar refractivity (Wildman–Crippen MR) is 103 cm³/mol. The summed E-state index contributed by atoms with van der Waals surface area (Å²) in [5.74, 6) is 0.650. The maximum absolute atomic E-state index is 5.58. The van der Waals surface area contributed by atoms with Gasteiger partial charge in [-0.05, 0) is 55.9 Å². The molecule has 0 bridgehead atoms. The predicted octanol–water partition coefficient (Wildman–Crippen LogP) is 3.84. The molecule has 0 spiro atoms. The van der Waals surface area contributed by atoms with Crippen molar-refractivity contribution in [2.24, 2.45) is 5.92 Å². The van der Waals surface area contributed by atoms with E-state index in [2.05, 4.69) is 41.9 Å². The fourth-order valence-electron chi connectivity index (χ4n) is 3.80. The largest absolute Gasteiger partial charge is 0.381 e. The van der Waals surface area contributed by atoms with Crippen molar-refractivity contribution in [2.45, 2.75) is 26.7 Å². The fourth-order valence-corrected chi connectivity index (χ4v) is 4.71. The van der Waals surface area contributed by atoms with Gasteiger partial charge in [0.1, 0.15) is 0 Å². The molecule has 0 unspecified atom stereocenters. The van der Waals surface area contributed by atoms with Gasteiger partial charge in [-0.15, -0.1) is 11.3 Å². The minimum absolute atomic E-state index is 0.650. The Bertz CT molecular complexity index is 731. The SMILES string of the molecule is Cc1nc(C)c(-c2cc(C[C@@H]3CCOC3)cc(N3CCOCC3)c2)s1. The van der Waals surface area contributed by atoms with E-state index < -0.39 is 0 Å². The van der Waals surface area contributed by atoms with Crippen LogP contribution < -0.4 is 4.90 Å². The lowest BCUT2D eigenvalue weighted by atomic mass is 9.96. The van der Waals surface area contributed by atoms with Gasteiger partial charge < -0.3 is 14.4 Å². The van der Waals surface area contributed by atoms with E-state index in [-0.39, 0.29) is 0 Å². The first kappa shape index (κ1) is 17.0. The summed E-state index contributed by atoms with van der Waals surface area (Å²) in [7, 11) is 0. The number of anilines is 1. The summed E-state index contributed by atoms with van der Waals surface area (Å²) in [5.41, 5.74) is 5.18. The first-order valence-corrected chi connectivity index (χ1v) is 9.99. The van der Waals surface area contributed by atoms with Crippen molar-refractivity contribution >= 4 is 17.0 Å². The van der Waals surface area contributed by atoms with Gasteiger partial charge in [-0.2, -0.15) is 0 Å². The van der Waals surface area contributed by atoms with Gasteiger partial charge in [0.05, 0.1) is 28.8 Å². The summed E-state index contributed by atoms with van der Waals surface area (Å²) in [6, 6.07) is 7.07. The van der Waals surface area contributed by atoms with Crippen LogP contribution in [0, 0.1) is 19.8 Å². The van der Waals surface area contributed by atoms with E-state index in [0.29, 0.717) is 5.92 Å². The molecule has 5 heteroatoms. The van der Waals surface area contributed by atoms with E-state index in [1.54, 1.807) is 11.3 Å². The molecule has 3 heterocycles. The number of rotatable bonds is 4. The van der Waals surface area contributed by atoms with Crippen molar-refractivity contribution in [2.75, 3.05) is 44.4 Å². The van der Waals surface area contributed by atoms with Crippen LogP contribution in [0.2, 0.25) is 0 Å². The molecular weight excluding hydrogens is 332 g/mol. The number of nitrogens with zero attached hydrogens (tertiary/aromatic N) is 2. The molecule has 2 aromatic rings. The molecule has 0 aliphatic carbocycles. The van der Waals surface area contributed by atoms with E-state index in [4.69, 9.17) is 9.47 Å². The Morgan fingerprint density at radius 3 is 2.64 bits per heavy atom. The molecule has 4 rings (SSSR count). The number of aromatic nitrogens is 1. The van der Waals surface area contributed by atoms with Crippen LogP contribution in [0.3, 0.4) is 0 Å². The van der Waals surface area contributed by atoms with Crippen LogP contribution in [0.25, 0.3) is 10.4 Å². The van der Waals surface area contributed by atoms with E-state index in [1.807, 2.05) is 0 Å². The Labute approximate surface area is 153 Å². The summed E-state index contributed by atoms with van der Waals surface area (Å²) in [4.78, 5) is 8.38. The molecule has 0 radical (unpaired) electrons. The smallest absolute Gasteiger partial charge is 0.0903 e. The van der Waals surface area contributed by atoms with Crippen LogP contribution in [-0.4, -0.2) is 44.5 Å². The number of morpholine rings is 1. The number of ether oxygens (including phenoxy) is 2. The van der Waals surface area contributed by atoms with Crippen molar-refractivity contribution in [3.8, 4) is 10.4 Å². The highest BCUT2D eigenvalue weighted by molar-refractivity contribution is 7.15. The number of hydrogen-bond acceptors (Lipinski definition) is 5. The molecule has 134 valence electrons. The van der Waals surface area contributed by atoms with Gasteiger partial charge in [-0.1, -0.05) is 6.07 Å². The molecular formula is C20H26N2O2S. The third-order valence-corrected chi connectivity index (χ3v) is 6.19. The maximum Gasteiger partial charge on any atom is 0.0903 e. The van der Waals surface area contributed by atoms with Crippen molar-refractivity contribution in [3.05, 3.63) is 34.5 Å². The summed E-state index contributed by atoms with van der Waals surface area (Å²) in [6.07, 6.45) is 2.28. The molecule has 1 aromatic heterocycles. The second-order valence-electron chi connectivity index (χ2n) is 7.07. The Morgan fingerprint density at radius 2 is 1.96 bits per heavy atom. The molecule has 2 fully saturated rings. The van der Waals surface area contributed by atoms with Gasteiger partial charge in [0.15, 0.2) is 0 Å². The highest BCUT2D eigenvalue weighted by atomic mass is 32.1. The zero-order chi connectivity index (χ0) is 17.2. The average Bonchev–Trinajstić information content (AvgIpc) is 3.24.